The molecule has 3 amide bonds. The van der Waals surface area contributed by atoms with E-state index in [1.165, 1.54) is 6.92 Å². The van der Waals surface area contributed by atoms with Crippen LogP contribution in [0.5, 0.6) is 0 Å². The first-order valence-electron chi connectivity index (χ1n) is 9.92. The van der Waals surface area contributed by atoms with Crippen LogP contribution < -0.4 is 33.2 Å². The summed E-state index contributed by atoms with van der Waals surface area (Å²) in [4.78, 5) is 62.8. The van der Waals surface area contributed by atoms with Gasteiger partial charge in [-0.25, -0.2) is 4.79 Å². The number of rotatable bonds is 14. The van der Waals surface area contributed by atoms with Crippen molar-refractivity contribution in [2.75, 3.05) is 6.54 Å². The van der Waals surface area contributed by atoms with Gasteiger partial charge in [-0.2, -0.15) is 0 Å². The van der Waals surface area contributed by atoms with Crippen molar-refractivity contribution < 1.29 is 34.2 Å². The van der Waals surface area contributed by atoms with Crippen LogP contribution in [-0.4, -0.2) is 76.5 Å². The van der Waals surface area contributed by atoms with Crippen molar-refractivity contribution in [2.45, 2.75) is 64.2 Å². The summed E-state index contributed by atoms with van der Waals surface area (Å²) in [5.41, 5.74) is 15.9. The van der Waals surface area contributed by atoms with E-state index in [9.17, 15) is 29.1 Å². The summed E-state index contributed by atoms with van der Waals surface area (Å²) in [6.07, 6.45) is -0.255. The zero-order valence-electron chi connectivity index (χ0n) is 18.3. The van der Waals surface area contributed by atoms with E-state index in [0.717, 1.165) is 0 Å². The first kappa shape index (κ1) is 28.6. The van der Waals surface area contributed by atoms with Crippen molar-refractivity contribution in [2.24, 2.45) is 28.1 Å². The Hall–Kier alpha value is -3.42. The Morgan fingerprint density at radius 2 is 1.50 bits per heavy atom. The molecule has 0 radical (unpaired) electrons. The van der Waals surface area contributed by atoms with Gasteiger partial charge < -0.3 is 43.4 Å². The minimum absolute atomic E-state index is 0.0601. The number of aliphatic imine (C=N–C) groups is 1. The van der Waals surface area contributed by atoms with E-state index in [1.807, 2.05) is 0 Å². The van der Waals surface area contributed by atoms with Gasteiger partial charge in [0.1, 0.15) is 18.1 Å². The fourth-order valence-corrected chi connectivity index (χ4v) is 2.50. The number of carboxylic acids is 2. The molecule has 0 saturated heterocycles. The number of carboxylic acid groups (broad SMARTS) is 2. The Labute approximate surface area is 185 Å². The lowest BCUT2D eigenvalue weighted by Gasteiger charge is -2.26. The van der Waals surface area contributed by atoms with Gasteiger partial charge >= 0.3 is 11.9 Å². The number of carbonyl (C=O) groups excluding carboxylic acids is 3. The molecule has 0 rings (SSSR count). The minimum Gasteiger partial charge on any atom is -0.481 e. The molecule has 32 heavy (non-hydrogen) atoms. The van der Waals surface area contributed by atoms with Gasteiger partial charge in [-0.15, -0.1) is 0 Å². The molecule has 0 aromatic rings. The Bertz CT molecular complexity index is 722. The van der Waals surface area contributed by atoms with Gasteiger partial charge in [-0.3, -0.25) is 24.2 Å². The maximum atomic E-state index is 12.6. The summed E-state index contributed by atoms with van der Waals surface area (Å²) in [5, 5.41) is 25.1. The van der Waals surface area contributed by atoms with Gasteiger partial charge in [0, 0.05) is 6.54 Å². The largest absolute Gasteiger partial charge is 0.481 e. The highest BCUT2D eigenvalue weighted by Crippen LogP contribution is 2.06. The SMILES string of the molecule is CC(NC(=O)C(N)CC(=O)O)C(=O)NC(C(=O)NC(CCCN=C(N)N)C(=O)O)C(C)C. The van der Waals surface area contributed by atoms with E-state index in [2.05, 4.69) is 20.9 Å². The van der Waals surface area contributed by atoms with Crippen molar-refractivity contribution in [1.82, 2.24) is 16.0 Å². The molecule has 0 aliphatic heterocycles. The van der Waals surface area contributed by atoms with E-state index in [-0.39, 0.29) is 18.9 Å². The summed E-state index contributed by atoms with van der Waals surface area (Å²) in [6, 6.07) is -4.77. The summed E-state index contributed by atoms with van der Waals surface area (Å²) < 4.78 is 0. The van der Waals surface area contributed by atoms with Gasteiger partial charge in [0.2, 0.25) is 17.7 Å². The molecule has 4 atom stereocenters. The topological polar surface area (TPSA) is 252 Å². The third-order valence-corrected chi connectivity index (χ3v) is 4.29. The number of guanidine groups is 1. The lowest BCUT2D eigenvalue weighted by atomic mass is 10.0. The van der Waals surface area contributed by atoms with Crippen LogP contribution in [0.15, 0.2) is 4.99 Å². The van der Waals surface area contributed by atoms with Crippen LogP contribution in [0.2, 0.25) is 0 Å². The lowest BCUT2D eigenvalue weighted by molar-refractivity contribution is -0.142. The minimum atomic E-state index is -1.35. The molecule has 0 aromatic heterocycles. The molecule has 0 bridgehead atoms. The molecule has 11 N–H and O–H groups in total. The van der Waals surface area contributed by atoms with Gasteiger partial charge in [0.15, 0.2) is 5.96 Å². The number of carbonyl (C=O) groups is 5. The lowest BCUT2D eigenvalue weighted by Crippen LogP contribution is -2.57. The molecule has 0 spiro atoms. The van der Waals surface area contributed by atoms with Crippen LogP contribution in [0.1, 0.15) is 40.0 Å². The summed E-state index contributed by atoms with van der Waals surface area (Å²) in [6.45, 7) is 4.81. The van der Waals surface area contributed by atoms with Crippen LogP contribution in [0.25, 0.3) is 0 Å². The van der Waals surface area contributed by atoms with Crippen molar-refractivity contribution in [3.8, 4) is 0 Å². The number of nitrogens with zero attached hydrogens (tertiary/aromatic N) is 1. The third kappa shape index (κ3) is 11.1. The molecule has 0 aliphatic carbocycles. The molecule has 14 heteroatoms. The van der Waals surface area contributed by atoms with Crippen LogP contribution in [0.4, 0.5) is 0 Å². The molecule has 0 heterocycles. The number of hydrogen-bond donors (Lipinski definition) is 8. The molecule has 0 fully saturated rings. The Kier molecular flexibility index (Phi) is 12.3. The van der Waals surface area contributed by atoms with E-state index in [1.54, 1.807) is 13.8 Å². The van der Waals surface area contributed by atoms with E-state index in [4.69, 9.17) is 22.3 Å². The summed E-state index contributed by atoms with van der Waals surface area (Å²) in [5.74, 6) is -5.36. The van der Waals surface area contributed by atoms with Crippen LogP contribution in [-0.2, 0) is 24.0 Å². The van der Waals surface area contributed by atoms with Gasteiger partial charge in [-0.1, -0.05) is 13.8 Å². The molecule has 0 aliphatic rings. The number of amides is 3. The number of nitrogens with two attached hydrogens (primary N) is 3. The quantitative estimate of drug-likeness (QED) is 0.0744. The van der Waals surface area contributed by atoms with E-state index in [0.29, 0.717) is 6.42 Å². The van der Waals surface area contributed by atoms with Crippen LogP contribution in [0, 0.1) is 5.92 Å². The second kappa shape index (κ2) is 13.8. The van der Waals surface area contributed by atoms with Crippen molar-refractivity contribution in [3.05, 3.63) is 0 Å². The smallest absolute Gasteiger partial charge is 0.326 e. The first-order chi connectivity index (χ1) is 14.8. The second-order valence-electron chi connectivity index (χ2n) is 7.51. The average molecular weight is 460 g/mol. The van der Waals surface area contributed by atoms with Gasteiger partial charge in [0.05, 0.1) is 12.5 Å². The maximum Gasteiger partial charge on any atom is 0.326 e. The molecule has 4 unspecified atom stereocenters. The highest BCUT2D eigenvalue weighted by Gasteiger charge is 2.30. The second-order valence-corrected chi connectivity index (χ2v) is 7.51. The maximum absolute atomic E-state index is 12.6. The normalized spacial score (nSPS) is 14.4. The predicted molar refractivity (Wildman–Crippen MR) is 114 cm³/mol. The number of hydrogen-bond acceptors (Lipinski definition) is 7. The molecule has 14 nitrogen and oxygen atoms in total. The molecule has 182 valence electrons. The Balaban J connectivity index is 5.01. The van der Waals surface area contributed by atoms with Crippen molar-refractivity contribution in [3.63, 3.8) is 0 Å². The number of aliphatic carboxylic acids is 2. The average Bonchev–Trinajstić information content (AvgIpc) is 2.66. The first-order valence-corrected chi connectivity index (χ1v) is 9.92. The third-order valence-electron chi connectivity index (χ3n) is 4.29. The van der Waals surface area contributed by atoms with E-state index < -0.39 is 66.2 Å². The van der Waals surface area contributed by atoms with Crippen molar-refractivity contribution >= 4 is 35.6 Å². The molecular formula is C18H33N7O7. The fraction of sp³-hybridized carbons (Fsp3) is 0.667. The number of nitrogens with one attached hydrogen (secondary N) is 3. The van der Waals surface area contributed by atoms with Gasteiger partial charge in [-0.05, 0) is 25.7 Å². The zero-order valence-corrected chi connectivity index (χ0v) is 18.3. The summed E-state index contributed by atoms with van der Waals surface area (Å²) in [7, 11) is 0. The predicted octanol–water partition coefficient (Wildman–Crippen LogP) is -2.94. The summed E-state index contributed by atoms with van der Waals surface area (Å²) >= 11 is 0. The molecule has 0 aromatic carbocycles. The van der Waals surface area contributed by atoms with Crippen molar-refractivity contribution in [1.29, 1.82) is 0 Å². The highest BCUT2D eigenvalue weighted by atomic mass is 16.4. The Morgan fingerprint density at radius 1 is 0.906 bits per heavy atom. The van der Waals surface area contributed by atoms with Crippen LogP contribution >= 0.6 is 0 Å². The Morgan fingerprint density at radius 3 is 1.97 bits per heavy atom. The zero-order chi connectivity index (χ0) is 25.0. The molecular weight excluding hydrogens is 426 g/mol. The standard InChI is InChI=1S/C18H33N7O7/c1-8(2)13(16(30)24-11(17(31)32)5-4-6-22-18(20)21)25-14(28)9(3)23-15(29)10(19)7-12(26)27/h8-11,13H,4-7,19H2,1-3H3,(H,23,29)(H,24,30)(H,25,28)(H,26,27)(H,31,32)(H4,20,21,22). The van der Waals surface area contributed by atoms with Gasteiger partial charge in [0.25, 0.3) is 0 Å². The molecule has 0 saturated carbocycles. The monoisotopic (exact) mass is 459 g/mol. The van der Waals surface area contributed by atoms with Crippen LogP contribution in [0.3, 0.4) is 0 Å². The van der Waals surface area contributed by atoms with E-state index >= 15 is 0 Å². The fourth-order valence-electron chi connectivity index (χ4n) is 2.50. The highest BCUT2D eigenvalue weighted by molar-refractivity contribution is 5.94.